The second-order valence-electron chi connectivity index (χ2n) is 5.58. The summed E-state index contributed by atoms with van der Waals surface area (Å²) in [6.07, 6.45) is 3.90. The van der Waals surface area contributed by atoms with E-state index < -0.39 is 0 Å². The average molecular weight is 366 g/mol. The van der Waals surface area contributed by atoms with Crippen molar-refractivity contribution < 1.29 is 19.0 Å². The molecular weight excluding hydrogens is 344 g/mol. The average Bonchev–Trinajstić information content (AvgIpc) is 2.71. The highest BCUT2D eigenvalue weighted by Crippen LogP contribution is 2.28. The maximum atomic E-state index is 12.0. The van der Waals surface area contributed by atoms with Crippen LogP contribution in [0.15, 0.2) is 48.5 Å². The summed E-state index contributed by atoms with van der Waals surface area (Å²) in [5.74, 6) is 1.63. The van der Waals surface area contributed by atoms with E-state index in [0.717, 1.165) is 23.3 Å². The molecule has 6 nitrogen and oxygen atoms in total. The lowest BCUT2D eigenvalue weighted by atomic mass is 10.1. The molecule has 140 valence electrons. The zero-order valence-corrected chi connectivity index (χ0v) is 15.4. The molecule has 0 aliphatic carbocycles. The molecule has 2 aromatic carbocycles. The Kier molecular flexibility index (Phi) is 7.73. The molecule has 1 amide bonds. The molecule has 0 radical (unpaired) electrons. The van der Waals surface area contributed by atoms with E-state index in [9.17, 15) is 4.79 Å². The number of nitrogens with one attached hydrogen (secondary N) is 1. The molecule has 0 bridgehead atoms. The Morgan fingerprint density at radius 2 is 1.89 bits per heavy atom. The van der Waals surface area contributed by atoms with E-state index in [1.54, 1.807) is 31.4 Å². The second-order valence-corrected chi connectivity index (χ2v) is 5.58. The highest BCUT2D eigenvalue weighted by atomic mass is 16.5. The number of methoxy groups -OCH3 is 2. The monoisotopic (exact) mass is 366 g/mol. The third-order valence-corrected chi connectivity index (χ3v) is 3.78. The van der Waals surface area contributed by atoms with Crippen molar-refractivity contribution in [3.63, 3.8) is 0 Å². The van der Waals surface area contributed by atoms with Crippen molar-refractivity contribution in [2.24, 2.45) is 0 Å². The lowest BCUT2D eigenvalue weighted by molar-refractivity contribution is -0.116. The number of rotatable bonds is 9. The molecule has 0 aliphatic rings. The van der Waals surface area contributed by atoms with Crippen molar-refractivity contribution in [1.82, 2.24) is 5.32 Å². The van der Waals surface area contributed by atoms with Gasteiger partial charge < -0.3 is 19.5 Å². The van der Waals surface area contributed by atoms with Gasteiger partial charge in [0.15, 0.2) is 18.1 Å². The van der Waals surface area contributed by atoms with Crippen molar-refractivity contribution in [3.8, 4) is 23.3 Å². The Morgan fingerprint density at radius 1 is 1.11 bits per heavy atom. The van der Waals surface area contributed by atoms with Gasteiger partial charge in [-0.3, -0.25) is 4.79 Å². The molecule has 0 aromatic heterocycles. The standard InChI is InChI=1S/C21H22N2O4/c1-25-18-7-3-16(4-8-18)11-13-23-21(24)10-6-17-5-9-19(27-14-12-22)20(15-17)26-2/h3-10,15H,11,13-14H2,1-2H3,(H,23,24). The third kappa shape index (κ3) is 6.40. The van der Waals surface area contributed by atoms with Crippen LogP contribution in [0, 0.1) is 11.3 Å². The van der Waals surface area contributed by atoms with Gasteiger partial charge in [0.25, 0.3) is 0 Å². The van der Waals surface area contributed by atoms with Crippen LogP contribution in [0.4, 0.5) is 0 Å². The summed E-state index contributed by atoms with van der Waals surface area (Å²) in [6.45, 7) is 0.488. The minimum absolute atomic E-state index is 0.0534. The molecule has 0 fully saturated rings. The predicted octanol–water partition coefficient (Wildman–Crippen LogP) is 2.98. The molecule has 27 heavy (non-hydrogen) atoms. The fourth-order valence-electron chi connectivity index (χ4n) is 2.37. The molecule has 0 heterocycles. The quantitative estimate of drug-likeness (QED) is 0.690. The molecule has 6 heteroatoms. The fraction of sp³-hybridized carbons (Fsp3) is 0.238. The summed E-state index contributed by atoms with van der Waals surface area (Å²) < 4.78 is 15.6. The first-order chi connectivity index (χ1) is 13.2. The normalized spacial score (nSPS) is 10.3. The molecule has 0 saturated carbocycles. The van der Waals surface area contributed by atoms with E-state index in [-0.39, 0.29) is 12.5 Å². The van der Waals surface area contributed by atoms with E-state index >= 15 is 0 Å². The van der Waals surface area contributed by atoms with E-state index in [4.69, 9.17) is 19.5 Å². The van der Waals surface area contributed by atoms with Crippen molar-refractivity contribution in [1.29, 1.82) is 5.26 Å². The van der Waals surface area contributed by atoms with Gasteiger partial charge in [0.2, 0.25) is 5.91 Å². The van der Waals surface area contributed by atoms with Crippen molar-refractivity contribution in [2.45, 2.75) is 6.42 Å². The summed E-state index contributed by atoms with van der Waals surface area (Å²) in [7, 11) is 3.15. The van der Waals surface area contributed by atoms with Gasteiger partial charge in [-0.15, -0.1) is 0 Å². The summed E-state index contributed by atoms with van der Waals surface area (Å²) in [6, 6.07) is 14.9. The van der Waals surface area contributed by atoms with Gasteiger partial charge in [-0.2, -0.15) is 5.26 Å². The van der Waals surface area contributed by atoms with Gasteiger partial charge in [-0.1, -0.05) is 18.2 Å². The SMILES string of the molecule is COc1ccc(CCNC(=O)C=Cc2ccc(OCC#N)c(OC)c2)cc1. The van der Waals surface area contributed by atoms with Crippen LogP contribution in [0.3, 0.4) is 0 Å². The van der Waals surface area contributed by atoms with Gasteiger partial charge >= 0.3 is 0 Å². The fourth-order valence-corrected chi connectivity index (χ4v) is 2.37. The highest BCUT2D eigenvalue weighted by Gasteiger charge is 2.05. The van der Waals surface area contributed by atoms with Crippen molar-refractivity contribution in [3.05, 3.63) is 59.7 Å². The predicted molar refractivity (Wildman–Crippen MR) is 103 cm³/mol. The number of hydrogen-bond acceptors (Lipinski definition) is 5. The van der Waals surface area contributed by atoms with Gasteiger partial charge in [0.1, 0.15) is 11.8 Å². The topological polar surface area (TPSA) is 80.6 Å². The first kappa shape index (κ1) is 19.9. The van der Waals surface area contributed by atoms with Crippen molar-refractivity contribution in [2.75, 3.05) is 27.4 Å². The van der Waals surface area contributed by atoms with Crippen LogP contribution in [0.5, 0.6) is 17.2 Å². The summed E-state index contributed by atoms with van der Waals surface area (Å²) >= 11 is 0. The van der Waals surface area contributed by atoms with Gasteiger partial charge in [-0.25, -0.2) is 0 Å². The number of carbonyl (C=O) groups is 1. The van der Waals surface area contributed by atoms with Crippen LogP contribution in [-0.4, -0.2) is 33.3 Å². The number of hydrogen-bond donors (Lipinski definition) is 1. The minimum Gasteiger partial charge on any atom is -0.497 e. The molecule has 2 rings (SSSR count). The van der Waals surface area contributed by atoms with E-state index in [0.29, 0.717) is 18.0 Å². The lowest BCUT2D eigenvalue weighted by Crippen LogP contribution is -2.23. The first-order valence-corrected chi connectivity index (χ1v) is 8.43. The molecule has 0 atom stereocenters. The Hall–Kier alpha value is -3.46. The van der Waals surface area contributed by atoms with E-state index in [1.807, 2.05) is 30.3 Å². The molecular formula is C21H22N2O4. The number of nitriles is 1. The zero-order chi connectivity index (χ0) is 19.5. The maximum Gasteiger partial charge on any atom is 0.244 e. The van der Waals surface area contributed by atoms with Crippen molar-refractivity contribution >= 4 is 12.0 Å². The summed E-state index contributed by atoms with van der Waals surface area (Å²) in [5, 5.41) is 11.4. The highest BCUT2D eigenvalue weighted by molar-refractivity contribution is 5.91. The number of ether oxygens (including phenoxy) is 3. The largest absolute Gasteiger partial charge is 0.497 e. The van der Waals surface area contributed by atoms with Gasteiger partial charge in [-0.05, 0) is 47.9 Å². The molecule has 0 spiro atoms. The molecule has 0 aliphatic heterocycles. The Balaban J connectivity index is 1.85. The Labute approximate surface area is 159 Å². The second kappa shape index (κ2) is 10.5. The zero-order valence-electron chi connectivity index (χ0n) is 15.4. The summed E-state index contributed by atoms with van der Waals surface area (Å²) in [4.78, 5) is 12.0. The first-order valence-electron chi connectivity index (χ1n) is 8.43. The molecule has 2 aromatic rings. The van der Waals surface area contributed by atoms with Gasteiger partial charge in [0.05, 0.1) is 14.2 Å². The van der Waals surface area contributed by atoms with Gasteiger partial charge in [0, 0.05) is 12.6 Å². The van der Waals surface area contributed by atoms with Crippen LogP contribution in [0.2, 0.25) is 0 Å². The number of nitrogens with zero attached hydrogens (tertiary/aromatic N) is 1. The number of carbonyl (C=O) groups excluding carboxylic acids is 1. The minimum atomic E-state index is -0.174. The van der Waals surface area contributed by atoms with Crippen LogP contribution < -0.4 is 19.5 Å². The summed E-state index contributed by atoms with van der Waals surface area (Å²) in [5.41, 5.74) is 1.92. The molecule has 0 saturated heterocycles. The van der Waals surface area contributed by atoms with Crippen LogP contribution in [0.1, 0.15) is 11.1 Å². The van der Waals surface area contributed by atoms with Crippen LogP contribution in [-0.2, 0) is 11.2 Å². The third-order valence-electron chi connectivity index (χ3n) is 3.78. The van der Waals surface area contributed by atoms with Crippen LogP contribution >= 0.6 is 0 Å². The van der Waals surface area contributed by atoms with E-state index in [2.05, 4.69) is 5.32 Å². The lowest BCUT2D eigenvalue weighted by Gasteiger charge is -2.08. The number of benzene rings is 2. The number of amides is 1. The maximum absolute atomic E-state index is 12.0. The molecule has 1 N–H and O–H groups in total. The Morgan fingerprint density at radius 3 is 2.56 bits per heavy atom. The smallest absolute Gasteiger partial charge is 0.244 e. The van der Waals surface area contributed by atoms with Crippen LogP contribution in [0.25, 0.3) is 6.08 Å². The van der Waals surface area contributed by atoms with E-state index in [1.165, 1.54) is 13.2 Å². The Bertz CT molecular complexity index is 823. The molecule has 0 unspecified atom stereocenters.